The minimum absolute atomic E-state index is 0.0227. The van der Waals surface area contributed by atoms with E-state index in [1.165, 1.54) is 40.5 Å². The molecular formula is C16H17FN2O4S2. The first kappa shape index (κ1) is 17.8. The molecule has 1 N–H and O–H groups in total. The number of rotatable bonds is 6. The number of sulfonamides is 1. The molecule has 134 valence electrons. The summed E-state index contributed by atoms with van der Waals surface area (Å²) in [5.41, 5.74) is 0.502. The van der Waals surface area contributed by atoms with Crippen LogP contribution in [0.15, 0.2) is 40.6 Å². The van der Waals surface area contributed by atoms with Crippen molar-refractivity contribution >= 4 is 33.1 Å². The summed E-state index contributed by atoms with van der Waals surface area (Å²) in [6.07, 6.45) is -0.425. The van der Waals surface area contributed by atoms with E-state index in [0.29, 0.717) is 5.69 Å². The Hall–Kier alpha value is -1.97. The van der Waals surface area contributed by atoms with E-state index in [1.807, 2.05) is 6.92 Å². The van der Waals surface area contributed by atoms with Gasteiger partial charge in [-0.2, -0.15) is 0 Å². The number of anilines is 1. The molecular weight excluding hydrogens is 367 g/mol. The van der Waals surface area contributed by atoms with E-state index in [9.17, 15) is 17.6 Å². The molecule has 1 aromatic heterocycles. The van der Waals surface area contributed by atoms with Gasteiger partial charge in [-0.1, -0.05) is 6.92 Å². The molecule has 9 heteroatoms. The molecule has 1 atom stereocenters. The number of nitrogens with one attached hydrogen (secondary N) is 1. The lowest BCUT2D eigenvalue weighted by molar-refractivity contribution is 0.143. The Balaban J connectivity index is 1.62. The largest absolute Gasteiger partial charge is 0.443 e. The minimum atomic E-state index is -3.63. The van der Waals surface area contributed by atoms with Crippen molar-refractivity contribution in [2.24, 2.45) is 0 Å². The van der Waals surface area contributed by atoms with Crippen molar-refractivity contribution in [1.29, 1.82) is 0 Å². The van der Waals surface area contributed by atoms with Gasteiger partial charge in [0.15, 0.2) is 0 Å². The number of hydrogen-bond donors (Lipinski definition) is 1. The SMILES string of the molecule is CCc1ccc(S(=O)(=O)NCC2CN(c3ccc(F)cc3)C(=O)O2)s1. The number of cyclic esters (lactones) is 1. The van der Waals surface area contributed by atoms with Crippen LogP contribution in [0.4, 0.5) is 14.9 Å². The van der Waals surface area contributed by atoms with Crippen molar-refractivity contribution in [3.63, 3.8) is 0 Å². The average Bonchev–Trinajstić information content (AvgIpc) is 3.21. The van der Waals surface area contributed by atoms with Crippen molar-refractivity contribution in [2.75, 3.05) is 18.0 Å². The Bertz CT molecular complexity index is 865. The number of aryl methyl sites for hydroxylation is 1. The lowest BCUT2D eigenvalue weighted by atomic mass is 10.2. The van der Waals surface area contributed by atoms with E-state index in [1.54, 1.807) is 12.1 Å². The van der Waals surface area contributed by atoms with Crippen LogP contribution in [0, 0.1) is 5.82 Å². The number of nitrogens with zero attached hydrogens (tertiary/aromatic N) is 1. The highest BCUT2D eigenvalue weighted by Gasteiger charge is 2.33. The first-order valence-corrected chi connectivity index (χ1v) is 10.0. The number of hydrogen-bond acceptors (Lipinski definition) is 5. The second kappa shape index (κ2) is 7.11. The summed E-state index contributed by atoms with van der Waals surface area (Å²) in [4.78, 5) is 14.3. The van der Waals surface area contributed by atoms with Gasteiger partial charge in [-0.3, -0.25) is 4.90 Å². The Labute approximate surface area is 149 Å². The standard InChI is InChI=1S/C16H17FN2O4S2/c1-2-14-7-8-15(24-14)25(21,22)18-9-13-10-19(16(20)23-13)12-5-3-11(17)4-6-12/h3-8,13,18H,2,9-10H2,1H3. The maximum atomic E-state index is 13.0. The average molecular weight is 384 g/mol. The highest BCUT2D eigenvalue weighted by atomic mass is 32.2. The zero-order valence-electron chi connectivity index (χ0n) is 13.4. The van der Waals surface area contributed by atoms with Gasteiger partial charge in [0.2, 0.25) is 10.0 Å². The highest BCUT2D eigenvalue weighted by Crippen LogP contribution is 2.24. The lowest BCUT2D eigenvalue weighted by Gasteiger charge is -2.12. The number of halogens is 1. The maximum Gasteiger partial charge on any atom is 0.414 e. The molecule has 25 heavy (non-hydrogen) atoms. The Morgan fingerprint density at radius 1 is 1.28 bits per heavy atom. The molecule has 0 saturated carbocycles. The van der Waals surface area contributed by atoms with Crippen LogP contribution in [0.25, 0.3) is 0 Å². The van der Waals surface area contributed by atoms with Gasteiger partial charge in [0, 0.05) is 17.1 Å². The van der Waals surface area contributed by atoms with Gasteiger partial charge in [0.25, 0.3) is 0 Å². The maximum absolute atomic E-state index is 13.0. The smallest absolute Gasteiger partial charge is 0.414 e. The summed E-state index contributed by atoms with van der Waals surface area (Å²) >= 11 is 1.22. The van der Waals surface area contributed by atoms with Crippen LogP contribution in [0.3, 0.4) is 0 Å². The van der Waals surface area contributed by atoms with E-state index in [0.717, 1.165) is 11.3 Å². The van der Waals surface area contributed by atoms with Gasteiger partial charge in [-0.05, 0) is 42.8 Å². The van der Waals surface area contributed by atoms with Gasteiger partial charge >= 0.3 is 6.09 Å². The van der Waals surface area contributed by atoms with Crippen molar-refractivity contribution in [3.05, 3.63) is 47.1 Å². The molecule has 1 aliphatic heterocycles. The zero-order valence-corrected chi connectivity index (χ0v) is 15.1. The fraction of sp³-hybridized carbons (Fsp3) is 0.312. The topological polar surface area (TPSA) is 75.7 Å². The summed E-state index contributed by atoms with van der Waals surface area (Å²) in [7, 11) is -3.63. The fourth-order valence-electron chi connectivity index (χ4n) is 2.43. The number of ether oxygens (including phenoxy) is 1. The lowest BCUT2D eigenvalue weighted by Crippen LogP contribution is -2.34. The monoisotopic (exact) mass is 384 g/mol. The quantitative estimate of drug-likeness (QED) is 0.831. The molecule has 1 unspecified atom stereocenters. The second-order valence-corrected chi connectivity index (χ2v) is 8.68. The number of benzene rings is 1. The molecule has 1 aromatic carbocycles. The van der Waals surface area contributed by atoms with Crippen LogP contribution in [0.2, 0.25) is 0 Å². The molecule has 0 radical (unpaired) electrons. The third-order valence-corrected chi connectivity index (χ3v) is 6.91. The van der Waals surface area contributed by atoms with E-state index in [-0.39, 0.29) is 17.3 Å². The van der Waals surface area contributed by atoms with Crippen molar-refractivity contribution < 1.29 is 22.3 Å². The summed E-state index contributed by atoms with van der Waals surface area (Å²) < 4.78 is 45.5. The molecule has 0 bridgehead atoms. The normalized spacial score (nSPS) is 17.8. The van der Waals surface area contributed by atoms with Crippen LogP contribution in [-0.4, -0.2) is 33.7 Å². The van der Waals surface area contributed by atoms with Crippen molar-refractivity contribution in [1.82, 2.24) is 4.72 Å². The van der Waals surface area contributed by atoms with Crippen LogP contribution >= 0.6 is 11.3 Å². The predicted molar refractivity (Wildman–Crippen MR) is 92.9 cm³/mol. The molecule has 1 amide bonds. The zero-order chi connectivity index (χ0) is 18.0. The predicted octanol–water partition coefficient (Wildman–Crippen LogP) is 2.75. The summed E-state index contributed by atoms with van der Waals surface area (Å²) in [5.74, 6) is -0.400. The molecule has 6 nitrogen and oxygen atoms in total. The van der Waals surface area contributed by atoms with Gasteiger partial charge in [-0.25, -0.2) is 22.3 Å². The van der Waals surface area contributed by atoms with Gasteiger partial charge in [0.05, 0.1) is 6.54 Å². The molecule has 3 rings (SSSR count). The Morgan fingerprint density at radius 2 is 2.00 bits per heavy atom. The molecule has 0 spiro atoms. The first-order chi connectivity index (χ1) is 11.9. The molecule has 1 aliphatic rings. The fourth-order valence-corrected chi connectivity index (χ4v) is 4.83. The van der Waals surface area contributed by atoms with Crippen LogP contribution < -0.4 is 9.62 Å². The summed E-state index contributed by atoms with van der Waals surface area (Å²) in [6, 6.07) is 8.80. The number of carbonyl (C=O) groups is 1. The van der Waals surface area contributed by atoms with Gasteiger partial charge < -0.3 is 4.74 Å². The number of thiophene rings is 1. The minimum Gasteiger partial charge on any atom is -0.443 e. The number of carbonyl (C=O) groups excluding carboxylic acids is 1. The van der Waals surface area contributed by atoms with E-state index in [4.69, 9.17) is 4.74 Å². The van der Waals surface area contributed by atoms with Gasteiger partial charge in [-0.15, -0.1) is 11.3 Å². The van der Waals surface area contributed by atoms with Crippen molar-refractivity contribution in [2.45, 2.75) is 23.7 Å². The summed E-state index contributed by atoms with van der Waals surface area (Å²) in [5, 5.41) is 0. The van der Waals surface area contributed by atoms with Gasteiger partial charge in [0.1, 0.15) is 16.1 Å². The van der Waals surface area contributed by atoms with Crippen LogP contribution in [0.1, 0.15) is 11.8 Å². The van der Waals surface area contributed by atoms with E-state index < -0.39 is 28.0 Å². The molecule has 0 aliphatic carbocycles. The molecule has 2 heterocycles. The molecule has 1 fully saturated rings. The molecule has 1 saturated heterocycles. The highest BCUT2D eigenvalue weighted by molar-refractivity contribution is 7.91. The third-order valence-electron chi connectivity index (χ3n) is 3.76. The van der Waals surface area contributed by atoms with Crippen LogP contribution in [0.5, 0.6) is 0 Å². The Kier molecular flexibility index (Phi) is 5.07. The first-order valence-electron chi connectivity index (χ1n) is 7.71. The van der Waals surface area contributed by atoms with Crippen LogP contribution in [-0.2, 0) is 21.2 Å². The third kappa shape index (κ3) is 4.00. The van der Waals surface area contributed by atoms with E-state index >= 15 is 0 Å². The number of amides is 1. The molecule has 2 aromatic rings. The second-order valence-electron chi connectivity index (χ2n) is 5.52. The Morgan fingerprint density at radius 3 is 2.64 bits per heavy atom. The summed E-state index contributed by atoms with van der Waals surface area (Å²) in [6.45, 7) is 2.13. The van der Waals surface area contributed by atoms with E-state index in [2.05, 4.69) is 4.72 Å². The van der Waals surface area contributed by atoms with Crippen molar-refractivity contribution in [3.8, 4) is 0 Å².